The van der Waals surface area contributed by atoms with E-state index in [1.807, 2.05) is 0 Å². The maximum absolute atomic E-state index is 6.02. The predicted molar refractivity (Wildman–Crippen MR) is 63.8 cm³/mol. The Hall–Kier alpha value is -0.380. The summed E-state index contributed by atoms with van der Waals surface area (Å²) in [5.74, 6) is 0. The van der Waals surface area contributed by atoms with E-state index in [4.69, 9.17) is 5.73 Å². The van der Waals surface area contributed by atoms with Crippen molar-refractivity contribution in [2.45, 2.75) is 25.3 Å². The minimum absolute atomic E-state index is 0.345. The second-order valence-corrected chi connectivity index (χ2v) is 4.80. The van der Waals surface area contributed by atoms with Gasteiger partial charge in [-0.25, -0.2) is 0 Å². The molecular weight excluding hydrogens is 192 g/mol. The van der Waals surface area contributed by atoms with Crippen LogP contribution in [0.2, 0.25) is 0 Å². The molecule has 14 heavy (non-hydrogen) atoms. The van der Waals surface area contributed by atoms with Gasteiger partial charge >= 0.3 is 0 Å². The van der Waals surface area contributed by atoms with Crippen LogP contribution < -0.4 is 5.73 Å². The highest BCUT2D eigenvalue weighted by atomic mass is 32.1. The van der Waals surface area contributed by atoms with Gasteiger partial charge in [0, 0.05) is 6.04 Å². The van der Waals surface area contributed by atoms with Gasteiger partial charge in [-0.3, -0.25) is 0 Å². The lowest BCUT2D eigenvalue weighted by Gasteiger charge is -2.14. The summed E-state index contributed by atoms with van der Waals surface area (Å²) in [6.07, 6.45) is 3.32. The van der Waals surface area contributed by atoms with Crippen molar-refractivity contribution in [1.29, 1.82) is 0 Å². The van der Waals surface area contributed by atoms with Gasteiger partial charge in [-0.05, 0) is 62.3 Å². The lowest BCUT2D eigenvalue weighted by Crippen LogP contribution is -2.26. The van der Waals surface area contributed by atoms with Crippen LogP contribution in [0.15, 0.2) is 16.8 Å². The number of rotatable bonds is 6. The van der Waals surface area contributed by atoms with Gasteiger partial charge in [-0.1, -0.05) is 0 Å². The molecule has 80 valence electrons. The molecule has 1 aromatic rings. The molecular formula is C11H20N2S. The molecule has 0 amide bonds. The summed E-state index contributed by atoms with van der Waals surface area (Å²) in [6.45, 7) is 1.09. The Bertz CT molecular complexity index is 231. The first-order valence-corrected chi connectivity index (χ1v) is 6.04. The number of hydrogen-bond acceptors (Lipinski definition) is 3. The topological polar surface area (TPSA) is 29.3 Å². The van der Waals surface area contributed by atoms with Gasteiger partial charge in [0.25, 0.3) is 0 Å². The molecule has 3 heteroatoms. The fourth-order valence-corrected chi connectivity index (χ4v) is 2.06. The average Bonchev–Trinajstić information content (AvgIpc) is 2.63. The molecule has 0 radical (unpaired) electrons. The van der Waals surface area contributed by atoms with Crippen LogP contribution in [0.5, 0.6) is 0 Å². The zero-order valence-electron chi connectivity index (χ0n) is 9.07. The molecule has 0 aliphatic carbocycles. The molecule has 1 heterocycles. The van der Waals surface area contributed by atoms with Crippen LogP contribution in [0.25, 0.3) is 0 Å². The lowest BCUT2D eigenvalue weighted by atomic mass is 10.1. The van der Waals surface area contributed by atoms with Crippen LogP contribution in [0.4, 0.5) is 0 Å². The van der Waals surface area contributed by atoms with Gasteiger partial charge < -0.3 is 10.6 Å². The predicted octanol–water partition coefficient (Wildman–Crippen LogP) is 1.96. The van der Waals surface area contributed by atoms with Crippen LogP contribution in [0.1, 0.15) is 18.4 Å². The Kier molecular flexibility index (Phi) is 5.15. The van der Waals surface area contributed by atoms with Gasteiger partial charge in [0.05, 0.1) is 0 Å². The average molecular weight is 212 g/mol. The number of aryl methyl sites for hydroxylation is 1. The molecule has 0 bridgehead atoms. The van der Waals surface area contributed by atoms with Crippen molar-refractivity contribution in [3.8, 4) is 0 Å². The Labute approximate surface area is 90.7 Å². The third-order valence-electron chi connectivity index (χ3n) is 2.33. The molecule has 0 aliphatic rings. The highest BCUT2D eigenvalue weighted by molar-refractivity contribution is 7.07. The smallest absolute Gasteiger partial charge is 0.00541 e. The van der Waals surface area contributed by atoms with E-state index in [0.29, 0.717) is 6.04 Å². The molecule has 2 nitrogen and oxygen atoms in total. The Balaban J connectivity index is 2.12. The molecule has 0 spiro atoms. The summed E-state index contributed by atoms with van der Waals surface area (Å²) in [7, 11) is 4.18. The minimum atomic E-state index is 0.345. The fourth-order valence-electron chi connectivity index (χ4n) is 1.36. The van der Waals surface area contributed by atoms with Crippen molar-refractivity contribution in [2.75, 3.05) is 20.6 Å². The van der Waals surface area contributed by atoms with E-state index >= 15 is 0 Å². The van der Waals surface area contributed by atoms with Gasteiger partial charge in [0.2, 0.25) is 0 Å². The first kappa shape index (κ1) is 11.7. The molecule has 0 aromatic carbocycles. The molecule has 1 aromatic heterocycles. The Morgan fingerprint density at radius 2 is 2.21 bits per heavy atom. The van der Waals surface area contributed by atoms with Crippen molar-refractivity contribution in [3.05, 3.63) is 22.4 Å². The van der Waals surface area contributed by atoms with Crippen LogP contribution in [-0.4, -0.2) is 31.6 Å². The van der Waals surface area contributed by atoms with Crippen molar-refractivity contribution < 1.29 is 0 Å². The highest BCUT2D eigenvalue weighted by Crippen LogP contribution is 2.10. The molecule has 1 unspecified atom stereocenters. The van der Waals surface area contributed by atoms with Crippen molar-refractivity contribution in [2.24, 2.45) is 5.73 Å². The first-order chi connectivity index (χ1) is 6.68. The Morgan fingerprint density at radius 1 is 1.43 bits per heavy atom. The zero-order chi connectivity index (χ0) is 10.4. The van der Waals surface area contributed by atoms with E-state index < -0.39 is 0 Å². The normalized spacial score (nSPS) is 13.4. The van der Waals surface area contributed by atoms with Crippen LogP contribution in [-0.2, 0) is 6.42 Å². The molecule has 0 saturated carbocycles. The van der Waals surface area contributed by atoms with E-state index in [1.165, 1.54) is 5.56 Å². The van der Waals surface area contributed by atoms with Crippen molar-refractivity contribution in [3.63, 3.8) is 0 Å². The molecule has 0 aliphatic heterocycles. The maximum Gasteiger partial charge on any atom is 0.00541 e. The quantitative estimate of drug-likeness (QED) is 0.781. The van der Waals surface area contributed by atoms with E-state index in [2.05, 4.69) is 35.8 Å². The van der Waals surface area contributed by atoms with Crippen LogP contribution in [0, 0.1) is 0 Å². The minimum Gasteiger partial charge on any atom is -0.328 e. The van der Waals surface area contributed by atoms with Crippen molar-refractivity contribution in [1.82, 2.24) is 4.90 Å². The summed E-state index contributed by atoms with van der Waals surface area (Å²) in [5.41, 5.74) is 7.44. The maximum atomic E-state index is 6.02. The molecule has 0 fully saturated rings. The van der Waals surface area contributed by atoms with Gasteiger partial charge in [0.1, 0.15) is 0 Å². The van der Waals surface area contributed by atoms with Gasteiger partial charge in [-0.15, -0.1) is 0 Å². The zero-order valence-corrected chi connectivity index (χ0v) is 9.89. The number of nitrogens with two attached hydrogens (primary N) is 1. The summed E-state index contributed by atoms with van der Waals surface area (Å²) in [4.78, 5) is 2.18. The highest BCUT2D eigenvalue weighted by Gasteiger charge is 2.03. The first-order valence-electron chi connectivity index (χ1n) is 5.10. The van der Waals surface area contributed by atoms with E-state index in [-0.39, 0.29) is 0 Å². The molecule has 2 N–H and O–H groups in total. The number of thiophene rings is 1. The van der Waals surface area contributed by atoms with Crippen molar-refractivity contribution >= 4 is 11.3 Å². The Morgan fingerprint density at radius 3 is 2.79 bits per heavy atom. The summed E-state index contributed by atoms with van der Waals surface area (Å²) in [6, 6.07) is 2.53. The van der Waals surface area contributed by atoms with E-state index in [0.717, 1.165) is 25.8 Å². The van der Waals surface area contributed by atoms with Crippen LogP contribution >= 0.6 is 11.3 Å². The number of hydrogen-bond donors (Lipinski definition) is 1. The third-order valence-corrected chi connectivity index (χ3v) is 3.06. The molecule has 1 rings (SSSR count). The SMILES string of the molecule is CN(C)CCC(N)CCc1ccsc1. The van der Waals surface area contributed by atoms with Gasteiger partial charge in [0.15, 0.2) is 0 Å². The summed E-state index contributed by atoms with van der Waals surface area (Å²) >= 11 is 1.76. The summed E-state index contributed by atoms with van der Waals surface area (Å²) < 4.78 is 0. The monoisotopic (exact) mass is 212 g/mol. The fraction of sp³-hybridized carbons (Fsp3) is 0.636. The second kappa shape index (κ2) is 6.17. The van der Waals surface area contributed by atoms with E-state index in [9.17, 15) is 0 Å². The van der Waals surface area contributed by atoms with Crippen LogP contribution in [0.3, 0.4) is 0 Å². The largest absolute Gasteiger partial charge is 0.328 e. The van der Waals surface area contributed by atoms with Gasteiger partial charge in [-0.2, -0.15) is 11.3 Å². The molecule has 1 atom stereocenters. The lowest BCUT2D eigenvalue weighted by molar-refractivity contribution is 0.375. The molecule has 0 saturated heterocycles. The second-order valence-electron chi connectivity index (χ2n) is 4.02. The summed E-state index contributed by atoms with van der Waals surface area (Å²) in [5, 5.41) is 4.33. The number of nitrogens with zero attached hydrogens (tertiary/aromatic N) is 1. The third kappa shape index (κ3) is 4.74. The van der Waals surface area contributed by atoms with E-state index in [1.54, 1.807) is 11.3 Å². The standard InChI is InChI=1S/C11H20N2S/c1-13(2)7-5-11(12)4-3-10-6-8-14-9-10/h6,8-9,11H,3-5,7,12H2,1-2H3.